The molecule has 0 unspecified atom stereocenters. The molecule has 0 bridgehead atoms. The van der Waals surface area contributed by atoms with Gasteiger partial charge in [0.15, 0.2) is 0 Å². The molecule has 0 aromatic carbocycles. The van der Waals surface area contributed by atoms with Crippen molar-refractivity contribution < 1.29 is 9.53 Å². The molecule has 2 rings (SSSR count). The molecule has 0 aliphatic carbocycles. The molecule has 1 N–H and O–H groups in total. The van der Waals surface area contributed by atoms with Crippen LogP contribution in [0.1, 0.15) is 45.4 Å². The molecule has 4 nitrogen and oxygen atoms in total. The van der Waals surface area contributed by atoms with Crippen LogP contribution >= 0.6 is 11.8 Å². The van der Waals surface area contributed by atoms with Crippen molar-refractivity contribution in [2.75, 3.05) is 32.0 Å². The zero-order valence-electron chi connectivity index (χ0n) is 12.6. The number of urea groups is 1. The molecule has 2 amide bonds. The fourth-order valence-corrected chi connectivity index (χ4v) is 4.04. The SMILES string of the molecule is CCCO[C@@H]1CCCN(C(=O)NC[C@@H]2CCCS2)CC1. The van der Waals surface area contributed by atoms with Crippen molar-refractivity contribution in [3.63, 3.8) is 0 Å². The van der Waals surface area contributed by atoms with Crippen LogP contribution in [0.2, 0.25) is 0 Å². The number of carbonyl (C=O) groups excluding carboxylic acids is 1. The summed E-state index contributed by atoms with van der Waals surface area (Å²) >= 11 is 1.99. The molecule has 0 saturated carbocycles. The molecule has 2 aliphatic heterocycles. The normalized spacial score (nSPS) is 27.4. The highest BCUT2D eigenvalue weighted by Crippen LogP contribution is 2.25. The summed E-state index contributed by atoms with van der Waals surface area (Å²) in [5.74, 6) is 1.25. The minimum absolute atomic E-state index is 0.119. The van der Waals surface area contributed by atoms with Gasteiger partial charge in [0.05, 0.1) is 6.10 Å². The first-order chi connectivity index (χ1) is 9.79. The maximum Gasteiger partial charge on any atom is 0.317 e. The van der Waals surface area contributed by atoms with Crippen LogP contribution < -0.4 is 5.32 Å². The Bertz CT molecular complexity index is 296. The Morgan fingerprint density at radius 2 is 2.20 bits per heavy atom. The Balaban J connectivity index is 1.67. The van der Waals surface area contributed by atoms with Crippen molar-refractivity contribution >= 4 is 17.8 Å². The van der Waals surface area contributed by atoms with Gasteiger partial charge in [0, 0.05) is 31.5 Å². The molecule has 5 heteroatoms. The maximum atomic E-state index is 12.2. The van der Waals surface area contributed by atoms with E-state index in [0.717, 1.165) is 51.9 Å². The molecule has 2 heterocycles. The number of hydrogen-bond acceptors (Lipinski definition) is 3. The molecule has 20 heavy (non-hydrogen) atoms. The monoisotopic (exact) mass is 300 g/mol. The Labute approximate surface area is 127 Å². The molecule has 2 aliphatic rings. The third kappa shape index (κ3) is 5.17. The number of nitrogens with zero attached hydrogens (tertiary/aromatic N) is 1. The quantitative estimate of drug-likeness (QED) is 0.849. The minimum atomic E-state index is 0.119. The second-order valence-corrected chi connectivity index (χ2v) is 7.14. The molecule has 0 aromatic rings. The van der Waals surface area contributed by atoms with Crippen LogP contribution in [0.3, 0.4) is 0 Å². The van der Waals surface area contributed by atoms with Gasteiger partial charge in [-0.15, -0.1) is 0 Å². The van der Waals surface area contributed by atoms with E-state index in [1.807, 2.05) is 16.7 Å². The van der Waals surface area contributed by atoms with E-state index in [-0.39, 0.29) is 6.03 Å². The van der Waals surface area contributed by atoms with E-state index in [4.69, 9.17) is 4.74 Å². The van der Waals surface area contributed by atoms with E-state index in [0.29, 0.717) is 11.4 Å². The van der Waals surface area contributed by atoms with Crippen molar-refractivity contribution in [2.45, 2.75) is 56.8 Å². The lowest BCUT2D eigenvalue weighted by Crippen LogP contribution is -2.42. The Hall–Kier alpha value is -0.420. The number of rotatable bonds is 5. The lowest BCUT2D eigenvalue weighted by atomic mass is 10.2. The van der Waals surface area contributed by atoms with Gasteiger partial charge in [-0.3, -0.25) is 0 Å². The fraction of sp³-hybridized carbons (Fsp3) is 0.933. The highest BCUT2D eigenvalue weighted by Gasteiger charge is 2.22. The fourth-order valence-electron chi connectivity index (χ4n) is 2.84. The number of thioether (sulfide) groups is 1. The Morgan fingerprint density at radius 3 is 2.95 bits per heavy atom. The summed E-state index contributed by atoms with van der Waals surface area (Å²) < 4.78 is 5.82. The van der Waals surface area contributed by atoms with E-state index in [1.54, 1.807) is 0 Å². The van der Waals surface area contributed by atoms with Gasteiger partial charge in [0.2, 0.25) is 0 Å². The van der Waals surface area contributed by atoms with Gasteiger partial charge in [-0.05, 0) is 44.3 Å². The molecule has 2 atom stereocenters. The summed E-state index contributed by atoms with van der Waals surface area (Å²) in [5.41, 5.74) is 0. The second kappa shape index (κ2) is 8.78. The van der Waals surface area contributed by atoms with Gasteiger partial charge < -0.3 is 15.0 Å². The molecule has 0 spiro atoms. The van der Waals surface area contributed by atoms with E-state index in [2.05, 4.69) is 12.2 Å². The van der Waals surface area contributed by atoms with Crippen molar-refractivity contribution in [1.82, 2.24) is 10.2 Å². The lowest BCUT2D eigenvalue weighted by molar-refractivity contribution is 0.0445. The Kier molecular flexibility index (Phi) is 7.00. The van der Waals surface area contributed by atoms with Crippen LogP contribution in [0.25, 0.3) is 0 Å². The van der Waals surface area contributed by atoms with Crippen LogP contribution in [0, 0.1) is 0 Å². The first-order valence-corrected chi connectivity index (χ1v) is 9.10. The predicted molar refractivity (Wildman–Crippen MR) is 84.3 cm³/mol. The van der Waals surface area contributed by atoms with E-state index in [1.165, 1.54) is 18.6 Å². The van der Waals surface area contributed by atoms with Crippen LogP contribution in [-0.2, 0) is 4.74 Å². The maximum absolute atomic E-state index is 12.2. The zero-order valence-corrected chi connectivity index (χ0v) is 13.4. The van der Waals surface area contributed by atoms with Crippen molar-refractivity contribution in [3.05, 3.63) is 0 Å². The van der Waals surface area contributed by atoms with Gasteiger partial charge >= 0.3 is 6.03 Å². The van der Waals surface area contributed by atoms with Gasteiger partial charge in [0.1, 0.15) is 0 Å². The topological polar surface area (TPSA) is 41.6 Å². The third-order valence-electron chi connectivity index (χ3n) is 4.02. The minimum Gasteiger partial charge on any atom is -0.378 e. The third-order valence-corrected chi connectivity index (χ3v) is 5.42. The largest absolute Gasteiger partial charge is 0.378 e. The first kappa shape index (κ1) is 16.0. The zero-order chi connectivity index (χ0) is 14.2. The summed E-state index contributed by atoms with van der Waals surface area (Å²) in [6.07, 6.45) is 7.08. The lowest BCUT2D eigenvalue weighted by Gasteiger charge is -2.22. The van der Waals surface area contributed by atoms with Crippen LogP contribution in [-0.4, -0.2) is 54.3 Å². The molecule has 0 radical (unpaired) electrons. The van der Waals surface area contributed by atoms with Crippen molar-refractivity contribution in [2.24, 2.45) is 0 Å². The Morgan fingerprint density at radius 1 is 1.30 bits per heavy atom. The standard InChI is InChI=1S/C15H28N2O2S/c1-2-10-19-13-5-3-8-17(9-7-13)15(18)16-12-14-6-4-11-20-14/h13-14H,2-12H2,1H3,(H,16,18)/t13-,14+/m1/s1. The number of amides is 2. The summed E-state index contributed by atoms with van der Waals surface area (Å²) in [5, 5.41) is 3.74. The van der Waals surface area contributed by atoms with Gasteiger partial charge in [-0.25, -0.2) is 4.79 Å². The van der Waals surface area contributed by atoms with E-state index < -0.39 is 0 Å². The number of nitrogens with one attached hydrogen (secondary N) is 1. The highest BCUT2D eigenvalue weighted by molar-refractivity contribution is 8.00. The smallest absolute Gasteiger partial charge is 0.317 e. The molecular formula is C15H28N2O2S. The summed E-state index contributed by atoms with van der Waals surface area (Å²) in [6.45, 7) is 5.51. The number of likely N-dealkylation sites (tertiary alicyclic amines) is 1. The van der Waals surface area contributed by atoms with Gasteiger partial charge in [-0.1, -0.05) is 6.92 Å². The molecule has 2 fully saturated rings. The van der Waals surface area contributed by atoms with Crippen molar-refractivity contribution in [3.8, 4) is 0 Å². The summed E-state index contributed by atoms with van der Waals surface area (Å²) in [7, 11) is 0. The number of carbonyl (C=O) groups is 1. The highest BCUT2D eigenvalue weighted by atomic mass is 32.2. The van der Waals surface area contributed by atoms with Gasteiger partial charge in [0.25, 0.3) is 0 Å². The molecular weight excluding hydrogens is 272 g/mol. The average Bonchev–Trinajstić information content (AvgIpc) is 2.87. The first-order valence-electron chi connectivity index (χ1n) is 8.05. The van der Waals surface area contributed by atoms with Gasteiger partial charge in [-0.2, -0.15) is 11.8 Å². The molecule has 2 saturated heterocycles. The average molecular weight is 300 g/mol. The molecule has 116 valence electrons. The van der Waals surface area contributed by atoms with Crippen molar-refractivity contribution in [1.29, 1.82) is 0 Å². The van der Waals surface area contributed by atoms with Crippen LogP contribution in [0.15, 0.2) is 0 Å². The van der Waals surface area contributed by atoms with E-state index in [9.17, 15) is 4.79 Å². The van der Waals surface area contributed by atoms with Crippen LogP contribution in [0.4, 0.5) is 4.79 Å². The second-order valence-electron chi connectivity index (χ2n) is 5.73. The van der Waals surface area contributed by atoms with Crippen LogP contribution in [0.5, 0.6) is 0 Å². The molecule has 0 aromatic heterocycles. The summed E-state index contributed by atoms with van der Waals surface area (Å²) in [4.78, 5) is 14.2. The predicted octanol–water partition coefficient (Wildman–Crippen LogP) is 2.87. The summed E-state index contributed by atoms with van der Waals surface area (Å²) in [6, 6.07) is 0.119. The number of ether oxygens (including phenoxy) is 1. The number of hydrogen-bond donors (Lipinski definition) is 1. The van der Waals surface area contributed by atoms with E-state index >= 15 is 0 Å².